The fraction of sp³-hybridized carbons (Fsp3) is 1.00. The molecule has 2 heteroatoms. The summed E-state index contributed by atoms with van der Waals surface area (Å²) in [6, 6.07) is 0.726. The average Bonchev–Trinajstić information content (AvgIpc) is 1.93. The van der Waals surface area contributed by atoms with E-state index in [0.29, 0.717) is 5.41 Å². The second-order valence-electron chi connectivity index (χ2n) is 5.45. The third kappa shape index (κ3) is 1.75. The maximum atomic E-state index is 9.86. The molecule has 76 valence electrons. The van der Waals surface area contributed by atoms with Gasteiger partial charge in [0.05, 0.1) is 5.60 Å². The van der Waals surface area contributed by atoms with Crippen LogP contribution in [0.1, 0.15) is 46.0 Å². The third-order valence-corrected chi connectivity index (χ3v) is 4.13. The van der Waals surface area contributed by atoms with Gasteiger partial charge in [-0.3, -0.25) is 0 Å². The smallest absolute Gasteiger partial charge is 0.0620 e. The zero-order valence-electron chi connectivity index (χ0n) is 8.77. The summed E-state index contributed by atoms with van der Waals surface area (Å²) >= 11 is 0. The molecule has 0 spiro atoms. The van der Waals surface area contributed by atoms with Crippen molar-refractivity contribution in [3.63, 3.8) is 0 Å². The van der Waals surface area contributed by atoms with E-state index in [-0.39, 0.29) is 5.60 Å². The number of hydrogen-bond donors (Lipinski definition) is 2. The van der Waals surface area contributed by atoms with Crippen LogP contribution in [-0.4, -0.2) is 23.3 Å². The molecule has 1 saturated carbocycles. The number of rotatable bonds is 1. The molecule has 1 aliphatic carbocycles. The second-order valence-corrected chi connectivity index (χ2v) is 5.45. The first-order valence-electron chi connectivity index (χ1n) is 5.48. The highest BCUT2D eigenvalue weighted by molar-refractivity contribution is 4.98. The van der Waals surface area contributed by atoms with E-state index < -0.39 is 0 Å². The molecule has 2 aliphatic rings. The monoisotopic (exact) mass is 183 g/mol. The molecular weight excluding hydrogens is 162 g/mol. The molecule has 13 heavy (non-hydrogen) atoms. The molecule has 0 aromatic carbocycles. The summed E-state index contributed by atoms with van der Waals surface area (Å²) in [5.74, 6) is 0. The molecule has 1 atom stereocenters. The van der Waals surface area contributed by atoms with Gasteiger partial charge in [0.1, 0.15) is 0 Å². The van der Waals surface area contributed by atoms with Crippen LogP contribution in [0.25, 0.3) is 0 Å². The van der Waals surface area contributed by atoms with E-state index in [1.165, 1.54) is 25.8 Å². The zero-order valence-corrected chi connectivity index (χ0v) is 8.77. The second kappa shape index (κ2) is 2.96. The van der Waals surface area contributed by atoms with Crippen molar-refractivity contribution in [2.24, 2.45) is 5.41 Å². The van der Waals surface area contributed by atoms with E-state index >= 15 is 0 Å². The normalized spacial score (nSPS) is 51.5. The topological polar surface area (TPSA) is 32.3 Å². The molecule has 1 saturated heterocycles. The van der Waals surface area contributed by atoms with E-state index in [0.717, 1.165) is 18.9 Å². The van der Waals surface area contributed by atoms with Gasteiger partial charge in [-0.15, -0.1) is 0 Å². The number of aliphatic hydroxyl groups is 1. The summed E-state index contributed by atoms with van der Waals surface area (Å²) in [6.45, 7) is 5.54. The first-order chi connectivity index (χ1) is 6.02. The molecular formula is C11H21NO. The Bertz CT molecular complexity index is 186. The Hall–Kier alpha value is -0.0800. The summed E-state index contributed by atoms with van der Waals surface area (Å²) in [7, 11) is 0. The lowest BCUT2D eigenvalue weighted by Gasteiger charge is -2.49. The van der Waals surface area contributed by atoms with Crippen molar-refractivity contribution in [1.29, 1.82) is 0 Å². The van der Waals surface area contributed by atoms with E-state index in [1.807, 2.05) is 6.92 Å². The summed E-state index contributed by atoms with van der Waals surface area (Å²) in [6.07, 6.45) is 5.64. The first-order valence-corrected chi connectivity index (χ1v) is 5.48. The Morgan fingerprint density at radius 1 is 1.15 bits per heavy atom. The van der Waals surface area contributed by atoms with E-state index in [9.17, 15) is 5.11 Å². The van der Waals surface area contributed by atoms with E-state index in [1.54, 1.807) is 0 Å². The SMILES string of the molecule is CC1(O)CCC(C)(C2CCN2)CC1. The van der Waals surface area contributed by atoms with Gasteiger partial charge < -0.3 is 10.4 Å². The minimum absolute atomic E-state index is 0.386. The minimum atomic E-state index is -0.386. The van der Waals surface area contributed by atoms with Crippen LogP contribution >= 0.6 is 0 Å². The number of hydrogen-bond acceptors (Lipinski definition) is 2. The lowest BCUT2D eigenvalue weighted by molar-refractivity contribution is -0.0332. The molecule has 0 amide bonds. The molecule has 1 aliphatic heterocycles. The average molecular weight is 183 g/mol. The van der Waals surface area contributed by atoms with Crippen molar-refractivity contribution in [3.05, 3.63) is 0 Å². The summed E-state index contributed by atoms with van der Waals surface area (Å²) in [4.78, 5) is 0. The van der Waals surface area contributed by atoms with Crippen molar-refractivity contribution >= 4 is 0 Å². The molecule has 2 fully saturated rings. The Morgan fingerprint density at radius 2 is 1.69 bits per heavy atom. The molecule has 2 rings (SSSR count). The molecule has 0 aromatic heterocycles. The molecule has 0 aromatic rings. The Morgan fingerprint density at radius 3 is 2.08 bits per heavy atom. The van der Waals surface area contributed by atoms with Crippen LogP contribution < -0.4 is 5.32 Å². The first kappa shape index (κ1) is 9.47. The van der Waals surface area contributed by atoms with Gasteiger partial charge in [-0.05, 0) is 51.0 Å². The highest BCUT2D eigenvalue weighted by Gasteiger charge is 2.42. The molecule has 1 heterocycles. The van der Waals surface area contributed by atoms with Crippen molar-refractivity contribution in [2.75, 3.05) is 6.54 Å². The molecule has 2 N–H and O–H groups in total. The highest BCUT2D eigenvalue weighted by atomic mass is 16.3. The van der Waals surface area contributed by atoms with E-state index in [2.05, 4.69) is 12.2 Å². The zero-order chi connectivity index (χ0) is 9.53. The van der Waals surface area contributed by atoms with Crippen LogP contribution in [0.15, 0.2) is 0 Å². The van der Waals surface area contributed by atoms with Crippen molar-refractivity contribution < 1.29 is 5.11 Å². The molecule has 1 unspecified atom stereocenters. The maximum Gasteiger partial charge on any atom is 0.0620 e. The van der Waals surface area contributed by atoms with Crippen LogP contribution in [0.3, 0.4) is 0 Å². The van der Waals surface area contributed by atoms with Gasteiger partial charge in [0.15, 0.2) is 0 Å². The van der Waals surface area contributed by atoms with Crippen molar-refractivity contribution in [1.82, 2.24) is 5.32 Å². The molecule has 2 nitrogen and oxygen atoms in total. The van der Waals surface area contributed by atoms with Crippen LogP contribution in [0.2, 0.25) is 0 Å². The summed E-state index contributed by atoms with van der Waals surface area (Å²) < 4.78 is 0. The van der Waals surface area contributed by atoms with Gasteiger partial charge in [-0.2, -0.15) is 0 Å². The van der Waals surface area contributed by atoms with E-state index in [4.69, 9.17) is 0 Å². The molecule has 0 radical (unpaired) electrons. The van der Waals surface area contributed by atoms with Crippen LogP contribution in [0.4, 0.5) is 0 Å². The van der Waals surface area contributed by atoms with Crippen molar-refractivity contribution in [3.8, 4) is 0 Å². The van der Waals surface area contributed by atoms with Crippen LogP contribution in [0, 0.1) is 5.41 Å². The predicted octanol–water partition coefficient (Wildman–Crippen LogP) is 1.68. The Labute approximate surface area is 80.7 Å². The highest BCUT2D eigenvalue weighted by Crippen LogP contribution is 2.44. The van der Waals surface area contributed by atoms with Gasteiger partial charge in [0, 0.05) is 6.04 Å². The van der Waals surface area contributed by atoms with Gasteiger partial charge in [0.2, 0.25) is 0 Å². The molecule has 0 bridgehead atoms. The standard InChI is InChI=1S/C11H21NO/c1-10(9-3-8-12-9)4-6-11(2,13)7-5-10/h9,12-13H,3-8H2,1-2H3. The largest absolute Gasteiger partial charge is 0.390 e. The Balaban J connectivity index is 1.95. The van der Waals surface area contributed by atoms with Crippen LogP contribution in [-0.2, 0) is 0 Å². The fourth-order valence-corrected chi connectivity index (χ4v) is 2.59. The summed E-state index contributed by atoms with van der Waals surface area (Å²) in [5, 5.41) is 13.4. The predicted molar refractivity (Wildman–Crippen MR) is 53.6 cm³/mol. The lowest BCUT2D eigenvalue weighted by atomic mass is 9.64. The fourth-order valence-electron chi connectivity index (χ4n) is 2.59. The minimum Gasteiger partial charge on any atom is -0.390 e. The Kier molecular flexibility index (Phi) is 2.16. The van der Waals surface area contributed by atoms with Gasteiger partial charge in [0.25, 0.3) is 0 Å². The maximum absolute atomic E-state index is 9.86. The third-order valence-electron chi connectivity index (χ3n) is 4.13. The van der Waals surface area contributed by atoms with Crippen molar-refractivity contribution in [2.45, 2.75) is 57.6 Å². The van der Waals surface area contributed by atoms with Crippen LogP contribution in [0.5, 0.6) is 0 Å². The van der Waals surface area contributed by atoms with Gasteiger partial charge >= 0.3 is 0 Å². The van der Waals surface area contributed by atoms with Gasteiger partial charge in [-0.25, -0.2) is 0 Å². The number of nitrogens with one attached hydrogen (secondary N) is 1. The lowest BCUT2D eigenvalue weighted by Crippen LogP contribution is -2.55. The summed E-state index contributed by atoms with van der Waals surface area (Å²) in [5.41, 5.74) is 0.0732. The van der Waals surface area contributed by atoms with Gasteiger partial charge in [-0.1, -0.05) is 6.92 Å². The quantitative estimate of drug-likeness (QED) is 0.648.